The van der Waals surface area contributed by atoms with E-state index in [-0.39, 0.29) is 11.0 Å². The molecule has 0 bridgehead atoms. The molecule has 0 aromatic heterocycles. The molecule has 3 aromatic rings. The number of carbonyl (C=O) groups is 1. The van der Waals surface area contributed by atoms with E-state index in [0.717, 1.165) is 5.56 Å². The molecule has 1 saturated heterocycles. The van der Waals surface area contributed by atoms with Crippen LogP contribution in [-0.4, -0.2) is 29.5 Å². The smallest absolute Gasteiger partial charge is 0.256 e. The van der Waals surface area contributed by atoms with Crippen LogP contribution in [0.4, 0.5) is 5.69 Å². The summed E-state index contributed by atoms with van der Waals surface area (Å²) in [4.78, 5) is 25.4. The average molecular weight is 508 g/mol. The molecule has 0 aliphatic carbocycles. The van der Waals surface area contributed by atoms with Crippen LogP contribution in [0.1, 0.15) is 36.5 Å². The first-order valence-electron chi connectivity index (χ1n) is 11.8. The predicted octanol–water partition coefficient (Wildman–Crippen LogP) is 4.89. The fourth-order valence-electron chi connectivity index (χ4n) is 5.41. The van der Waals surface area contributed by atoms with Crippen LogP contribution in [0.15, 0.2) is 66.7 Å². The van der Waals surface area contributed by atoms with Gasteiger partial charge >= 0.3 is 0 Å². The van der Waals surface area contributed by atoms with Gasteiger partial charge in [0.15, 0.2) is 17.0 Å². The summed E-state index contributed by atoms with van der Waals surface area (Å²) in [5, 5.41) is 19.3. The Hall–Kier alpha value is -3.62. The zero-order valence-electron chi connectivity index (χ0n) is 19.9. The van der Waals surface area contributed by atoms with E-state index in [0.29, 0.717) is 46.5 Å². The van der Waals surface area contributed by atoms with E-state index < -0.39 is 23.4 Å². The second kappa shape index (κ2) is 9.44. The molecule has 2 heterocycles. The van der Waals surface area contributed by atoms with Crippen LogP contribution in [-0.2, 0) is 16.9 Å². The van der Waals surface area contributed by atoms with Crippen LogP contribution >= 0.6 is 11.6 Å². The van der Waals surface area contributed by atoms with Gasteiger partial charge in [0.2, 0.25) is 0 Å². The van der Waals surface area contributed by atoms with Gasteiger partial charge in [-0.15, -0.1) is 0 Å². The lowest BCUT2D eigenvalue weighted by molar-refractivity contribution is -0.532. The maximum atomic E-state index is 13.2. The third-order valence-electron chi connectivity index (χ3n) is 6.92. The predicted molar refractivity (Wildman–Crippen MR) is 136 cm³/mol. The van der Waals surface area contributed by atoms with Gasteiger partial charge in [0.1, 0.15) is 6.61 Å². The van der Waals surface area contributed by atoms with Crippen molar-refractivity contribution >= 4 is 23.2 Å². The number of fused-ring (bicyclic) bond motifs is 2. The number of amides is 1. The lowest BCUT2D eigenvalue weighted by Crippen LogP contribution is -2.54. The van der Waals surface area contributed by atoms with Crippen LogP contribution in [0.5, 0.6) is 11.5 Å². The summed E-state index contributed by atoms with van der Waals surface area (Å²) >= 11 is 5.96. The number of hydrogen-bond acceptors (Lipinski definition) is 6. The Labute approximate surface area is 213 Å². The van der Waals surface area contributed by atoms with E-state index in [1.54, 1.807) is 48.5 Å². The topological polar surface area (TPSA) is 103 Å². The lowest BCUT2D eigenvalue weighted by atomic mass is 9.78. The van der Waals surface area contributed by atoms with Gasteiger partial charge in [0.05, 0.1) is 12.5 Å². The summed E-state index contributed by atoms with van der Waals surface area (Å²) in [6.45, 7) is 4.45. The van der Waals surface area contributed by atoms with Crippen LogP contribution in [0.2, 0.25) is 5.02 Å². The van der Waals surface area contributed by atoms with Crippen LogP contribution in [0.25, 0.3) is 0 Å². The molecule has 2 N–H and O–H groups in total. The number of nitro groups is 1. The zero-order valence-corrected chi connectivity index (χ0v) is 20.6. The number of benzene rings is 3. The molecule has 1 fully saturated rings. The number of nitrogens with one attached hydrogen (secondary N) is 2. The summed E-state index contributed by atoms with van der Waals surface area (Å²) in [5.41, 5.74) is 1.38. The van der Waals surface area contributed by atoms with Crippen molar-refractivity contribution in [3.05, 3.63) is 98.6 Å². The molecule has 3 aromatic carbocycles. The van der Waals surface area contributed by atoms with Gasteiger partial charge in [0.25, 0.3) is 11.9 Å². The van der Waals surface area contributed by atoms with E-state index in [4.69, 9.17) is 21.1 Å². The molecule has 9 heteroatoms. The second-order valence-corrected chi connectivity index (χ2v) is 9.49. The van der Waals surface area contributed by atoms with Crippen molar-refractivity contribution in [1.29, 1.82) is 0 Å². The number of nitrogens with zero attached hydrogens (tertiary/aromatic N) is 1. The van der Waals surface area contributed by atoms with Crippen LogP contribution < -0.4 is 20.1 Å². The van der Waals surface area contributed by atoms with E-state index in [1.807, 2.05) is 32.0 Å². The van der Waals surface area contributed by atoms with Gasteiger partial charge in [-0.25, -0.2) is 0 Å². The molecular formula is C27H26ClN3O5. The lowest BCUT2D eigenvalue weighted by Gasteiger charge is -2.25. The Balaban J connectivity index is 1.50. The highest BCUT2D eigenvalue weighted by molar-refractivity contribution is 6.30. The van der Waals surface area contributed by atoms with Crippen molar-refractivity contribution < 1.29 is 19.2 Å². The number of anilines is 1. The Kier molecular flexibility index (Phi) is 6.32. The van der Waals surface area contributed by atoms with Crippen molar-refractivity contribution in [2.45, 2.75) is 44.0 Å². The third kappa shape index (κ3) is 3.96. The quantitative estimate of drug-likeness (QED) is 0.349. The van der Waals surface area contributed by atoms with Crippen molar-refractivity contribution in [2.75, 3.05) is 11.9 Å². The van der Waals surface area contributed by atoms with E-state index in [1.165, 1.54) is 0 Å². The van der Waals surface area contributed by atoms with Crippen molar-refractivity contribution in [3.63, 3.8) is 0 Å². The zero-order chi connectivity index (χ0) is 25.4. The summed E-state index contributed by atoms with van der Waals surface area (Å²) in [6.07, 6.45) is 0. The van der Waals surface area contributed by atoms with Crippen molar-refractivity contribution in [1.82, 2.24) is 5.32 Å². The van der Waals surface area contributed by atoms with Gasteiger partial charge in [-0.3, -0.25) is 20.2 Å². The highest BCUT2D eigenvalue weighted by Gasteiger charge is 2.67. The Morgan fingerprint density at radius 3 is 2.53 bits per heavy atom. The first-order chi connectivity index (χ1) is 17.3. The summed E-state index contributed by atoms with van der Waals surface area (Å²) in [7, 11) is 0. The Morgan fingerprint density at radius 1 is 1.06 bits per heavy atom. The molecule has 5 rings (SSSR count). The van der Waals surface area contributed by atoms with Gasteiger partial charge in [0, 0.05) is 27.2 Å². The van der Waals surface area contributed by atoms with Gasteiger partial charge < -0.3 is 14.8 Å². The molecule has 8 nitrogen and oxygen atoms in total. The highest BCUT2D eigenvalue weighted by Crippen LogP contribution is 2.50. The number of ether oxygens (including phenoxy) is 2. The van der Waals surface area contributed by atoms with Gasteiger partial charge in [-0.1, -0.05) is 48.0 Å². The standard InChI is InChI=1S/C27H26ClN3O5/c1-3-35-23-14-18(10-13-22(23)36-15-17-8-11-19(28)12-9-17)24-16(2)30-27(25(24)31(33)34)20-6-4-5-7-21(20)29-26(27)32/h4-14,16,24-25,30H,3,15H2,1-2H3,(H,29,32)/t16-,24-,25+,27+/m0/s1. The highest BCUT2D eigenvalue weighted by atomic mass is 35.5. The largest absolute Gasteiger partial charge is 0.490 e. The second-order valence-electron chi connectivity index (χ2n) is 9.05. The number of rotatable bonds is 7. The van der Waals surface area contributed by atoms with E-state index in [2.05, 4.69) is 10.6 Å². The number of para-hydroxylation sites is 1. The molecule has 1 spiro atoms. The summed E-state index contributed by atoms with van der Waals surface area (Å²) in [6, 6.07) is 18.3. The molecule has 2 aliphatic heterocycles. The molecule has 0 radical (unpaired) electrons. The minimum atomic E-state index is -1.46. The molecule has 0 unspecified atom stereocenters. The Morgan fingerprint density at radius 2 is 1.81 bits per heavy atom. The minimum absolute atomic E-state index is 0.315. The monoisotopic (exact) mass is 507 g/mol. The van der Waals surface area contributed by atoms with Crippen LogP contribution in [0, 0.1) is 10.1 Å². The molecule has 4 atom stereocenters. The fourth-order valence-corrected chi connectivity index (χ4v) is 5.54. The summed E-state index contributed by atoms with van der Waals surface area (Å²) in [5.74, 6) is 0.0371. The third-order valence-corrected chi connectivity index (χ3v) is 7.18. The van der Waals surface area contributed by atoms with Gasteiger partial charge in [-0.05, 0) is 55.3 Å². The maximum Gasteiger partial charge on any atom is 0.256 e. The van der Waals surface area contributed by atoms with Crippen LogP contribution in [0.3, 0.4) is 0 Å². The first-order valence-corrected chi connectivity index (χ1v) is 12.2. The molecule has 0 saturated carbocycles. The molecule has 36 heavy (non-hydrogen) atoms. The van der Waals surface area contributed by atoms with E-state index in [9.17, 15) is 14.9 Å². The minimum Gasteiger partial charge on any atom is -0.490 e. The molecular weight excluding hydrogens is 482 g/mol. The normalized spacial score (nSPS) is 24.4. The van der Waals surface area contributed by atoms with E-state index >= 15 is 0 Å². The Bertz CT molecular complexity index is 1320. The summed E-state index contributed by atoms with van der Waals surface area (Å²) < 4.78 is 11.9. The van der Waals surface area contributed by atoms with Gasteiger partial charge in [-0.2, -0.15) is 0 Å². The maximum absolute atomic E-state index is 13.2. The average Bonchev–Trinajstić information content (AvgIpc) is 3.33. The molecule has 1 amide bonds. The molecule has 186 valence electrons. The van der Waals surface area contributed by atoms with Crippen molar-refractivity contribution in [2.24, 2.45) is 0 Å². The SMILES string of the molecule is CCOc1cc([C@@H]2[C@H](C)N[C@@]3(C(=O)Nc4ccccc43)[C@@H]2[N+](=O)[O-])ccc1OCc1ccc(Cl)cc1. The van der Waals surface area contributed by atoms with Crippen molar-refractivity contribution in [3.8, 4) is 11.5 Å². The number of halogens is 1. The fraction of sp³-hybridized carbons (Fsp3) is 0.296. The number of hydrogen-bond donors (Lipinski definition) is 2. The molecule has 2 aliphatic rings. The number of carbonyl (C=O) groups excluding carboxylic acids is 1. The first kappa shape index (κ1) is 24.1.